The molecule has 0 saturated carbocycles. The molecule has 196 valence electrons. The molecule has 0 unspecified atom stereocenters. The fourth-order valence-electron chi connectivity index (χ4n) is 4.64. The van der Waals surface area contributed by atoms with Crippen LogP contribution in [0.25, 0.3) is 55.6 Å². The van der Waals surface area contributed by atoms with Crippen LogP contribution in [0.5, 0.6) is 11.5 Å². The predicted octanol–water partition coefficient (Wildman–Crippen LogP) is 5.92. The van der Waals surface area contributed by atoms with E-state index in [1.807, 2.05) is 56.7 Å². The molecular formula is C30H27FN6O2. The quantitative estimate of drug-likeness (QED) is 0.258. The van der Waals surface area contributed by atoms with Crippen molar-refractivity contribution in [1.82, 2.24) is 30.0 Å². The predicted molar refractivity (Wildman–Crippen MR) is 150 cm³/mol. The number of H-pyrrole nitrogens is 2. The van der Waals surface area contributed by atoms with Gasteiger partial charge < -0.3 is 19.4 Å². The van der Waals surface area contributed by atoms with Gasteiger partial charge in [0.25, 0.3) is 0 Å². The fourth-order valence-corrected chi connectivity index (χ4v) is 4.64. The molecule has 4 heterocycles. The molecule has 0 aliphatic heterocycles. The number of pyridine rings is 2. The number of ether oxygens (including phenoxy) is 2. The third-order valence-electron chi connectivity index (χ3n) is 6.62. The Bertz CT molecular complexity index is 1790. The summed E-state index contributed by atoms with van der Waals surface area (Å²) in [4.78, 5) is 14.4. The summed E-state index contributed by atoms with van der Waals surface area (Å²) >= 11 is 0. The maximum atomic E-state index is 14.3. The molecule has 4 aromatic heterocycles. The molecule has 6 rings (SSSR count). The zero-order valence-corrected chi connectivity index (χ0v) is 21.8. The lowest BCUT2D eigenvalue weighted by molar-refractivity contribution is 0.261. The number of fused-ring (bicyclic) bond motifs is 2. The van der Waals surface area contributed by atoms with Crippen LogP contribution in [-0.4, -0.2) is 64.4 Å². The number of benzene rings is 2. The molecule has 8 nitrogen and oxygen atoms in total. The number of nitrogens with zero attached hydrogens (tertiary/aromatic N) is 4. The van der Waals surface area contributed by atoms with Crippen LogP contribution in [0.15, 0.2) is 73.2 Å². The molecule has 2 aromatic carbocycles. The van der Waals surface area contributed by atoms with Crippen LogP contribution in [-0.2, 0) is 0 Å². The summed E-state index contributed by atoms with van der Waals surface area (Å²) in [6.07, 6.45) is 5.26. The number of hydrogen-bond donors (Lipinski definition) is 2. The lowest BCUT2D eigenvalue weighted by Crippen LogP contribution is -2.19. The Morgan fingerprint density at radius 1 is 0.897 bits per heavy atom. The second kappa shape index (κ2) is 10.2. The molecule has 0 atom stereocenters. The second-order valence-electron chi connectivity index (χ2n) is 9.58. The number of likely N-dealkylation sites (N-methyl/N-ethyl adjacent to an activating group) is 1. The van der Waals surface area contributed by atoms with Crippen molar-refractivity contribution in [3.8, 4) is 45.1 Å². The van der Waals surface area contributed by atoms with Crippen molar-refractivity contribution >= 4 is 21.9 Å². The van der Waals surface area contributed by atoms with Crippen molar-refractivity contribution in [2.24, 2.45) is 0 Å². The average molecular weight is 523 g/mol. The highest BCUT2D eigenvalue weighted by molar-refractivity contribution is 6.00. The molecule has 0 spiro atoms. The SMILES string of the molecule is COc1cc(F)cc(-c2ccnc3[nH]c(-c4n[nH]c5ccc(-c6cncc(OCCN(C)C)c6)cc45)cc23)c1. The number of methoxy groups -OCH3 is 1. The normalized spacial score (nSPS) is 11.5. The van der Waals surface area contributed by atoms with Gasteiger partial charge in [-0.3, -0.25) is 10.1 Å². The molecule has 0 fully saturated rings. The number of nitrogens with one attached hydrogen (secondary N) is 2. The molecule has 2 N–H and O–H groups in total. The zero-order chi connectivity index (χ0) is 26.9. The average Bonchev–Trinajstić information content (AvgIpc) is 3.56. The van der Waals surface area contributed by atoms with Crippen LogP contribution in [0.4, 0.5) is 4.39 Å². The van der Waals surface area contributed by atoms with E-state index >= 15 is 0 Å². The van der Waals surface area contributed by atoms with E-state index in [-0.39, 0.29) is 5.82 Å². The molecule has 9 heteroatoms. The van der Waals surface area contributed by atoms with E-state index in [0.29, 0.717) is 23.6 Å². The lowest BCUT2D eigenvalue weighted by atomic mass is 10.0. The van der Waals surface area contributed by atoms with Crippen LogP contribution in [0.1, 0.15) is 0 Å². The van der Waals surface area contributed by atoms with Crippen LogP contribution >= 0.6 is 0 Å². The van der Waals surface area contributed by atoms with Crippen molar-refractivity contribution in [1.29, 1.82) is 0 Å². The maximum Gasteiger partial charge on any atom is 0.138 e. The standard InChI is InChI=1S/C30H27FN6O2/c1-37(2)8-9-39-23-12-20(16-32-17-23)18-4-5-27-26(13-18)29(36-35-27)28-15-25-24(6-7-33-30(25)34-28)19-10-21(31)14-22(11-19)38-3/h4-7,10-17H,8-9H2,1-3H3,(H,33,34)(H,35,36). The largest absolute Gasteiger partial charge is 0.497 e. The van der Waals surface area contributed by atoms with Crippen molar-refractivity contribution in [3.05, 3.63) is 79.0 Å². The summed E-state index contributed by atoms with van der Waals surface area (Å²) in [7, 11) is 5.55. The van der Waals surface area contributed by atoms with Crippen LogP contribution in [0.2, 0.25) is 0 Å². The summed E-state index contributed by atoms with van der Waals surface area (Å²) in [6, 6.07) is 16.7. The first-order valence-corrected chi connectivity index (χ1v) is 12.5. The second-order valence-corrected chi connectivity index (χ2v) is 9.58. The van der Waals surface area contributed by atoms with Gasteiger partial charge in [-0.25, -0.2) is 9.37 Å². The molecule has 0 amide bonds. The van der Waals surface area contributed by atoms with Gasteiger partial charge in [0.15, 0.2) is 0 Å². The van der Waals surface area contributed by atoms with Crippen molar-refractivity contribution in [2.75, 3.05) is 34.4 Å². The van der Waals surface area contributed by atoms with Gasteiger partial charge in [0.2, 0.25) is 0 Å². The van der Waals surface area contributed by atoms with E-state index in [4.69, 9.17) is 9.47 Å². The monoisotopic (exact) mass is 522 g/mol. The molecule has 0 saturated heterocycles. The molecule has 39 heavy (non-hydrogen) atoms. The van der Waals surface area contributed by atoms with E-state index < -0.39 is 0 Å². The number of aromatic amines is 2. The highest BCUT2D eigenvalue weighted by Gasteiger charge is 2.16. The van der Waals surface area contributed by atoms with Gasteiger partial charge in [-0.2, -0.15) is 5.10 Å². The summed E-state index contributed by atoms with van der Waals surface area (Å²) in [5.74, 6) is 0.820. The van der Waals surface area contributed by atoms with Gasteiger partial charge in [0.05, 0.1) is 24.5 Å². The van der Waals surface area contributed by atoms with Gasteiger partial charge in [0, 0.05) is 41.3 Å². The van der Waals surface area contributed by atoms with E-state index in [1.54, 1.807) is 12.4 Å². The van der Waals surface area contributed by atoms with Crippen LogP contribution in [0.3, 0.4) is 0 Å². The summed E-state index contributed by atoms with van der Waals surface area (Å²) < 4.78 is 25.4. The van der Waals surface area contributed by atoms with E-state index in [0.717, 1.165) is 56.7 Å². The van der Waals surface area contributed by atoms with E-state index in [9.17, 15) is 4.39 Å². The van der Waals surface area contributed by atoms with Gasteiger partial charge in [-0.1, -0.05) is 6.07 Å². The van der Waals surface area contributed by atoms with E-state index in [1.165, 1.54) is 19.2 Å². The van der Waals surface area contributed by atoms with Gasteiger partial charge in [0.1, 0.15) is 35.3 Å². The van der Waals surface area contributed by atoms with E-state index in [2.05, 4.69) is 36.1 Å². The topological polar surface area (TPSA) is 92.0 Å². The fraction of sp³-hybridized carbons (Fsp3) is 0.167. The van der Waals surface area contributed by atoms with Crippen LogP contribution in [0, 0.1) is 5.82 Å². The molecule has 0 aliphatic rings. The number of aromatic nitrogens is 5. The lowest BCUT2D eigenvalue weighted by Gasteiger charge is -2.11. The third kappa shape index (κ3) is 4.92. The smallest absolute Gasteiger partial charge is 0.138 e. The summed E-state index contributed by atoms with van der Waals surface area (Å²) in [5.41, 5.74) is 6.66. The van der Waals surface area contributed by atoms with Gasteiger partial charge >= 0.3 is 0 Å². The minimum absolute atomic E-state index is 0.363. The number of hydrogen-bond acceptors (Lipinski definition) is 6. The molecule has 0 bridgehead atoms. The first-order valence-electron chi connectivity index (χ1n) is 12.5. The maximum absolute atomic E-state index is 14.3. The first kappa shape index (κ1) is 24.6. The zero-order valence-electron chi connectivity index (χ0n) is 21.8. The Morgan fingerprint density at radius 2 is 1.77 bits per heavy atom. The van der Waals surface area contributed by atoms with Crippen molar-refractivity contribution in [3.63, 3.8) is 0 Å². The Morgan fingerprint density at radius 3 is 2.62 bits per heavy atom. The summed E-state index contributed by atoms with van der Waals surface area (Å²) in [6.45, 7) is 1.41. The van der Waals surface area contributed by atoms with Gasteiger partial charge in [-0.05, 0) is 73.3 Å². The third-order valence-corrected chi connectivity index (χ3v) is 6.62. The summed E-state index contributed by atoms with van der Waals surface area (Å²) in [5, 5.41) is 9.54. The highest BCUT2D eigenvalue weighted by Crippen LogP contribution is 2.36. The Hall–Kier alpha value is -4.76. The Balaban J connectivity index is 1.38. The molecule has 6 aromatic rings. The van der Waals surface area contributed by atoms with Crippen molar-refractivity contribution in [2.45, 2.75) is 0 Å². The first-order chi connectivity index (χ1) is 19.0. The minimum atomic E-state index is -0.363. The van der Waals surface area contributed by atoms with Gasteiger partial charge in [-0.15, -0.1) is 0 Å². The molecule has 0 radical (unpaired) electrons. The Labute approximate surface area is 224 Å². The van der Waals surface area contributed by atoms with Crippen LogP contribution < -0.4 is 9.47 Å². The minimum Gasteiger partial charge on any atom is -0.497 e. The van der Waals surface area contributed by atoms with Crippen molar-refractivity contribution < 1.29 is 13.9 Å². The number of halogens is 1. The molecule has 0 aliphatic carbocycles. The Kier molecular flexibility index (Phi) is 6.42. The highest BCUT2D eigenvalue weighted by atomic mass is 19.1. The molecular weight excluding hydrogens is 495 g/mol. The number of rotatable bonds is 8.